The number of hydrogen-bond acceptors (Lipinski definition) is 1. The van der Waals surface area contributed by atoms with E-state index in [-0.39, 0.29) is 0 Å². The number of rotatable bonds is 8. The van der Waals surface area contributed by atoms with E-state index in [1.165, 1.54) is 32.1 Å². The van der Waals surface area contributed by atoms with Gasteiger partial charge in [-0.1, -0.05) is 38.3 Å². The fraction of sp³-hybridized carbons (Fsp3) is 0.750. The van der Waals surface area contributed by atoms with Crippen LogP contribution in [-0.4, -0.2) is 0 Å². The third kappa shape index (κ3) is 11.2. The minimum Gasteiger partial charge on any atom is -0.198 e. The average Bonchev–Trinajstić information content (AvgIpc) is 2.16. The zero-order valence-electron chi connectivity index (χ0n) is 8.76. The monoisotopic (exact) mass is 181 g/mol. The molecule has 0 N–H and O–H groups in total. The van der Waals surface area contributed by atoms with Crippen LogP contribution in [0.25, 0.3) is 0 Å². The summed E-state index contributed by atoms with van der Waals surface area (Å²) in [5, 5.41) is 8.29. The SMILES string of the molecule is CCCCCC/C=C\CCC[14C]#N. The van der Waals surface area contributed by atoms with Crippen molar-refractivity contribution in [3.8, 4) is 6.07 Å². The second-order valence-electron chi connectivity index (χ2n) is 3.37. The molecule has 0 atom stereocenters. The molecule has 0 unspecified atom stereocenters. The fourth-order valence-electron chi connectivity index (χ4n) is 1.22. The number of nitrogens with zero attached hydrogens (tertiary/aromatic N) is 1. The smallest absolute Gasteiger partial charge is 0.0621 e. The van der Waals surface area contributed by atoms with Gasteiger partial charge in [0.05, 0.1) is 6.07 Å². The Hall–Kier alpha value is -0.770. The summed E-state index contributed by atoms with van der Waals surface area (Å²) >= 11 is 0. The molecule has 0 aliphatic carbocycles. The Morgan fingerprint density at radius 3 is 2.31 bits per heavy atom. The molecule has 0 spiro atoms. The maximum absolute atomic E-state index is 8.29. The molecule has 1 heteroatoms. The van der Waals surface area contributed by atoms with Crippen LogP contribution in [0, 0.1) is 11.3 Å². The van der Waals surface area contributed by atoms with Crippen molar-refractivity contribution < 1.29 is 0 Å². The Morgan fingerprint density at radius 2 is 1.69 bits per heavy atom. The zero-order valence-corrected chi connectivity index (χ0v) is 8.76. The third-order valence-corrected chi connectivity index (χ3v) is 2.05. The predicted octanol–water partition coefficient (Wildman–Crippen LogP) is 4.21. The quantitative estimate of drug-likeness (QED) is 0.406. The molecule has 0 aromatic carbocycles. The van der Waals surface area contributed by atoms with E-state index in [2.05, 4.69) is 25.1 Å². The molecule has 0 saturated heterocycles. The van der Waals surface area contributed by atoms with Crippen molar-refractivity contribution in [3.63, 3.8) is 0 Å². The molecule has 0 rings (SSSR count). The molecule has 0 aromatic rings. The minimum absolute atomic E-state index is 0.695. The van der Waals surface area contributed by atoms with Crippen molar-refractivity contribution >= 4 is 0 Å². The van der Waals surface area contributed by atoms with Crippen molar-refractivity contribution in [2.45, 2.75) is 58.3 Å². The number of allylic oxidation sites excluding steroid dienone is 2. The zero-order chi connectivity index (χ0) is 9.78. The van der Waals surface area contributed by atoms with Crippen molar-refractivity contribution in [1.29, 1.82) is 5.26 Å². The van der Waals surface area contributed by atoms with Gasteiger partial charge in [0, 0.05) is 6.42 Å². The Labute approximate surface area is 82.5 Å². The van der Waals surface area contributed by atoms with Crippen LogP contribution in [0.1, 0.15) is 58.3 Å². The third-order valence-electron chi connectivity index (χ3n) is 2.05. The maximum atomic E-state index is 8.29. The molecule has 74 valence electrons. The Kier molecular flexibility index (Phi) is 10.6. The van der Waals surface area contributed by atoms with Gasteiger partial charge >= 0.3 is 0 Å². The van der Waals surface area contributed by atoms with Gasteiger partial charge in [-0.25, -0.2) is 0 Å². The summed E-state index contributed by atoms with van der Waals surface area (Å²) < 4.78 is 0. The van der Waals surface area contributed by atoms with E-state index in [1.807, 2.05) is 0 Å². The first-order chi connectivity index (χ1) is 6.41. The number of unbranched alkanes of at least 4 members (excludes halogenated alkanes) is 6. The van der Waals surface area contributed by atoms with Gasteiger partial charge < -0.3 is 0 Å². The highest BCUT2D eigenvalue weighted by Crippen LogP contribution is 2.04. The highest BCUT2D eigenvalue weighted by atomic mass is 14.8. The maximum Gasteiger partial charge on any atom is 0.0621 e. The summed E-state index contributed by atoms with van der Waals surface area (Å²) in [5.41, 5.74) is 0. The summed E-state index contributed by atoms with van der Waals surface area (Å²) in [7, 11) is 0. The first-order valence-electron chi connectivity index (χ1n) is 5.43. The van der Waals surface area contributed by atoms with E-state index in [9.17, 15) is 0 Å². The van der Waals surface area contributed by atoms with Gasteiger partial charge in [-0.3, -0.25) is 0 Å². The lowest BCUT2D eigenvalue weighted by molar-refractivity contribution is 0.673. The van der Waals surface area contributed by atoms with Crippen molar-refractivity contribution in [2.24, 2.45) is 0 Å². The van der Waals surface area contributed by atoms with Crippen LogP contribution in [0.3, 0.4) is 0 Å². The highest BCUT2D eigenvalue weighted by Gasteiger charge is 1.84. The van der Waals surface area contributed by atoms with E-state index in [0.717, 1.165) is 12.8 Å². The van der Waals surface area contributed by atoms with Crippen molar-refractivity contribution in [3.05, 3.63) is 12.2 Å². The molecule has 0 heterocycles. The van der Waals surface area contributed by atoms with E-state index in [1.54, 1.807) is 0 Å². The second-order valence-corrected chi connectivity index (χ2v) is 3.37. The summed E-state index contributed by atoms with van der Waals surface area (Å²) in [6.45, 7) is 2.23. The predicted molar refractivity (Wildman–Crippen MR) is 57.4 cm³/mol. The molecule has 13 heavy (non-hydrogen) atoms. The van der Waals surface area contributed by atoms with E-state index in [4.69, 9.17) is 5.26 Å². The van der Waals surface area contributed by atoms with Gasteiger partial charge in [0.2, 0.25) is 0 Å². The first-order valence-corrected chi connectivity index (χ1v) is 5.43. The Bertz CT molecular complexity index is 153. The number of nitriles is 1. The van der Waals surface area contributed by atoms with Crippen LogP contribution in [-0.2, 0) is 0 Å². The largest absolute Gasteiger partial charge is 0.198 e. The molecular formula is C12H21N. The summed E-state index contributed by atoms with van der Waals surface area (Å²) in [6, 6.07) is 2.15. The molecule has 0 radical (unpaired) electrons. The van der Waals surface area contributed by atoms with Crippen LogP contribution >= 0.6 is 0 Å². The molecule has 0 bridgehead atoms. The van der Waals surface area contributed by atoms with Gasteiger partial charge in [-0.15, -0.1) is 0 Å². The Morgan fingerprint density at radius 1 is 1.00 bits per heavy atom. The molecule has 0 saturated carbocycles. The average molecular weight is 181 g/mol. The fourth-order valence-corrected chi connectivity index (χ4v) is 1.22. The van der Waals surface area contributed by atoms with Crippen LogP contribution in [0.2, 0.25) is 0 Å². The molecule has 0 aromatic heterocycles. The Balaban J connectivity index is 3.00. The molecule has 0 aliphatic rings. The van der Waals surface area contributed by atoms with E-state index >= 15 is 0 Å². The lowest BCUT2D eigenvalue weighted by Crippen LogP contribution is -1.74. The topological polar surface area (TPSA) is 23.8 Å². The first kappa shape index (κ1) is 12.2. The lowest BCUT2D eigenvalue weighted by atomic mass is 10.1. The molecular weight excluding hydrogens is 160 g/mol. The highest BCUT2D eigenvalue weighted by molar-refractivity contribution is 4.82. The van der Waals surface area contributed by atoms with Crippen LogP contribution in [0.5, 0.6) is 0 Å². The summed E-state index contributed by atoms with van der Waals surface area (Å²) in [6.07, 6.45) is 13.8. The van der Waals surface area contributed by atoms with Gasteiger partial charge in [0.25, 0.3) is 0 Å². The normalized spacial score (nSPS) is 10.5. The van der Waals surface area contributed by atoms with Gasteiger partial charge in [0.1, 0.15) is 0 Å². The van der Waals surface area contributed by atoms with Gasteiger partial charge in [-0.2, -0.15) is 5.26 Å². The summed E-state index contributed by atoms with van der Waals surface area (Å²) in [4.78, 5) is 0. The summed E-state index contributed by atoms with van der Waals surface area (Å²) in [5.74, 6) is 0. The van der Waals surface area contributed by atoms with E-state index < -0.39 is 0 Å². The molecule has 0 amide bonds. The van der Waals surface area contributed by atoms with Gasteiger partial charge in [0.15, 0.2) is 0 Å². The minimum atomic E-state index is 0.695. The molecule has 0 aliphatic heterocycles. The lowest BCUT2D eigenvalue weighted by Gasteiger charge is -1.93. The number of hydrogen-bond donors (Lipinski definition) is 0. The molecule has 1 nitrogen and oxygen atoms in total. The van der Waals surface area contributed by atoms with Crippen molar-refractivity contribution in [1.82, 2.24) is 0 Å². The molecule has 0 fully saturated rings. The van der Waals surface area contributed by atoms with Crippen LogP contribution in [0.15, 0.2) is 12.2 Å². The van der Waals surface area contributed by atoms with Crippen LogP contribution in [0.4, 0.5) is 0 Å². The second kappa shape index (κ2) is 11.2. The van der Waals surface area contributed by atoms with E-state index in [0.29, 0.717) is 6.42 Å². The van der Waals surface area contributed by atoms with Gasteiger partial charge in [-0.05, 0) is 25.7 Å². The van der Waals surface area contributed by atoms with Crippen molar-refractivity contribution in [2.75, 3.05) is 0 Å². The van der Waals surface area contributed by atoms with Crippen LogP contribution < -0.4 is 0 Å². The standard InChI is InChI=1S/C12H21N/c1-2-3-4-5-6-7-8-9-10-11-12-13/h7-8H,2-6,9-11H2,1H3/b8-7-/i12+2.